The predicted octanol–water partition coefficient (Wildman–Crippen LogP) is 5.14. The fraction of sp³-hybridized carbons (Fsp3) is 0.462. The average molecular weight is 569 g/mol. The van der Waals surface area contributed by atoms with Crippen LogP contribution in [0.1, 0.15) is 44.0 Å². The summed E-state index contributed by atoms with van der Waals surface area (Å²) in [5.74, 6) is 0.524. The molecule has 0 saturated heterocycles. The molecule has 0 radical (unpaired) electrons. The quantitative estimate of drug-likeness (QED) is 0.284. The number of halogens is 1. The first-order chi connectivity index (χ1) is 17.2. The Labute approximate surface area is 230 Å². The minimum Gasteiger partial charge on any atom is -0.497 e. The molecule has 3 aromatic rings. The maximum Gasteiger partial charge on any atom is 0.260 e. The van der Waals surface area contributed by atoms with E-state index < -0.39 is 10.0 Å². The van der Waals surface area contributed by atoms with Gasteiger partial charge in [-0.1, -0.05) is 38.5 Å². The molecule has 0 aliphatic rings. The minimum atomic E-state index is -3.60. The number of amides is 1. The van der Waals surface area contributed by atoms with Gasteiger partial charge in [0.2, 0.25) is 10.0 Å². The molecule has 0 fully saturated rings. The largest absolute Gasteiger partial charge is 0.497 e. The molecule has 0 aliphatic heterocycles. The highest BCUT2D eigenvalue weighted by molar-refractivity contribution is 7.89. The Morgan fingerprint density at radius 2 is 1.68 bits per heavy atom. The third-order valence-electron chi connectivity index (χ3n) is 6.23. The van der Waals surface area contributed by atoms with Gasteiger partial charge >= 0.3 is 0 Å². The van der Waals surface area contributed by atoms with E-state index in [-0.39, 0.29) is 23.2 Å². The fourth-order valence-corrected chi connectivity index (χ4v) is 6.03. The molecule has 204 valence electrons. The molecule has 11 heteroatoms. The number of carbonyl (C=O) groups is 1. The molecule has 37 heavy (non-hydrogen) atoms. The summed E-state index contributed by atoms with van der Waals surface area (Å²) < 4.78 is 33.4. The van der Waals surface area contributed by atoms with E-state index in [0.29, 0.717) is 30.3 Å². The molecular formula is C26H37ClN4O4S2. The van der Waals surface area contributed by atoms with Crippen LogP contribution in [0.4, 0.5) is 5.13 Å². The van der Waals surface area contributed by atoms with E-state index in [9.17, 15) is 13.2 Å². The fourth-order valence-electron chi connectivity index (χ4n) is 3.81. The summed E-state index contributed by atoms with van der Waals surface area (Å²) in [6.45, 7) is 9.60. The van der Waals surface area contributed by atoms with Crippen molar-refractivity contribution >= 4 is 55.0 Å². The number of anilines is 1. The molecule has 1 heterocycles. The molecule has 0 aliphatic carbocycles. The van der Waals surface area contributed by atoms with Crippen molar-refractivity contribution in [3.63, 3.8) is 0 Å². The zero-order valence-electron chi connectivity index (χ0n) is 22.1. The number of unbranched alkanes of at least 4 members (excludes halogenated alkanes) is 1. The number of ether oxygens (including phenoxy) is 1. The molecule has 0 N–H and O–H groups in total. The number of hydrogen-bond acceptors (Lipinski definition) is 7. The van der Waals surface area contributed by atoms with Gasteiger partial charge in [0.1, 0.15) is 5.75 Å². The van der Waals surface area contributed by atoms with E-state index in [0.717, 1.165) is 41.9 Å². The summed E-state index contributed by atoms with van der Waals surface area (Å²) in [6, 6.07) is 11.8. The van der Waals surface area contributed by atoms with Crippen LogP contribution in [-0.4, -0.2) is 75.4 Å². The van der Waals surface area contributed by atoms with E-state index >= 15 is 0 Å². The number of likely N-dealkylation sites (N-methyl/N-ethyl adjacent to an activating group) is 1. The van der Waals surface area contributed by atoms with Gasteiger partial charge in [0, 0.05) is 32.2 Å². The number of nitrogens with zero attached hydrogens (tertiary/aromatic N) is 4. The first kappa shape index (κ1) is 31.0. The summed E-state index contributed by atoms with van der Waals surface area (Å²) >= 11 is 1.44. The molecule has 0 spiro atoms. The van der Waals surface area contributed by atoms with Crippen LogP contribution in [0.3, 0.4) is 0 Å². The van der Waals surface area contributed by atoms with E-state index in [1.807, 2.05) is 25.1 Å². The number of thiazole rings is 1. The van der Waals surface area contributed by atoms with Crippen LogP contribution in [0.2, 0.25) is 0 Å². The van der Waals surface area contributed by atoms with Gasteiger partial charge < -0.3 is 9.64 Å². The number of benzene rings is 2. The normalized spacial score (nSPS) is 11.6. The molecular weight excluding hydrogens is 532 g/mol. The van der Waals surface area contributed by atoms with Gasteiger partial charge in [0.25, 0.3) is 5.91 Å². The van der Waals surface area contributed by atoms with Gasteiger partial charge in [-0.15, -0.1) is 12.4 Å². The van der Waals surface area contributed by atoms with Crippen LogP contribution in [0.25, 0.3) is 10.2 Å². The van der Waals surface area contributed by atoms with Crippen molar-refractivity contribution in [1.29, 1.82) is 0 Å². The summed E-state index contributed by atoms with van der Waals surface area (Å²) in [6.07, 6.45) is 1.71. The third kappa shape index (κ3) is 7.42. The van der Waals surface area contributed by atoms with Crippen LogP contribution in [0, 0.1) is 0 Å². The van der Waals surface area contributed by atoms with Crippen molar-refractivity contribution in [2.24, 2.45) is 0 Å². The lowest BCUT2D eigenvalue weighted by Gasteiger charge is -2.25. The van der Waals surface area contributed by atoms with Gasteiger partial charge in [0.15, 0.2) is 5.13 Å². The van der Waals surface area contributed by atoms with Gasteiger partial charge in [-0.3, -0.25) is 9.69 Å². The van der Waals surface area contributed by atoms with Crippen molar-refractivity contribution in [3.05, 3.63) is 48.0 Å². The molecule has 3 rings (SSSR count). The smallest absolute Gasteiger partial charge is 0.260 e. The van der Waals surface area contributed by atoms with E-state index in [1.54, 1.807) is 31.2 Å². The lowest BCUT2D eigenvalue weighted by atomic mass is 10.2. The first-order valence-corrected chi connectivity index (χ1v) is 14.6. The highest BCUT2D eigenvalue weighted by Crippen LogP contribution is 2.32. The van der Waals surface area contributed by atoms with Crippen LogP contribution >= 0.6 is 23.7 Å². The molecule has 0 bridgehead atoms. The van der Waals surface area contributed by atoms with Crippen molar-refractivity contribution in [3.8, 4) is 5.75 Å². The highest BCUT2D eigenvalue weighted by Gasteiger charge is 2.24. The van der Waals surface area contributed by atoms with Crippen LogP contribution in [-0.2, 0) is 10.0 Å². The standard InChI is InChI=1S/C26H36N4O4S2.ClH/c1-6-9-16-28(4)36(32,33)22-13-10-20(11-14-22)25(31)30(18-17-29(7-2)8-3)26-27-23-15-12-21(34-5)19-24(23)35-26;/h10-15,19H,6-9,16-18H2,1-5H3;1H. The SMILES string of the molecule is CCCCN(C)S(=O)(=O)c1ccc(C(=O)N(CCN(CC)CC)c2nc3ccc(OC)cc3s2)cc1.Cl. The van der Waals surface area contributed by atoms with Gasteiger partial charge in [-0.25, -0.2) is 17.7 Å². The van der Waals surface area contributed by atoms with Crippen molar-refractivity contribution < 1.29 is 17.9 Å². The second kappa shape index (κ2) is 14.1. The number of aromatic nitrogens is 1. The summed E-state index contributed by atoms with van der Waals surface area (Å²) in [4.78, 5) is 22.5. The maximum atomic E-state index is 13.7. The highest BCUT2D eigenvalue weighted by atomic mass is 35.5. The Bertz CT molecular complexity index is 1260. The number of fused-ring (bicyclic) bond motifs is 1. The molecule has 8 nitrogen and oxygen atoms in total. The third-order valence-corrected chi connectivity index (χ3v) is 9.14. The van der Waals surface area contributed by atoms with E-state index in [2.05, 4.69) is 18.7 Å². The molecule has 0 unspecified atom stereocenters. The van der Waals surface area contributed by atoms with Gasteiger partial charge in [-0.2, -0.15) is 0 Å². The lowest BCUT2D eigenvalue weighted by Crippen LogP contribution is -2.38. The molecule has 0 atom stereocenters. The Balaban J connectivity index is 0.00000481. The predicted molar refractivity (Wildman–Crippen MR) is 154 cm³/mol. The second-order valence-electron chi connectivity index (χ2n) is 8.52. The van der Waals surface area contributed by atoms with Crippen molar-refractivity contribution in [1.82, 2.24) is 14.2 Å². The number of rotatable bonds is 13. The zero-order chi connectivity index (χ0) is 26.3. The monoisotopic (exact) mass is 568 g/mol. The number of sulfonamides is 1. The number of methoxy groups -OCH3 is 1. The Hall–Kier alpha value is -2.24. The number of hydrogen-bond donors (Lipinski definition) is 0. The van der Waals surface area contributed by atoms with E-state index in [4.69, 9.17) is 9.72 Å². The Morgan fingerprint density at radius 3 is 2.27 bits per heavy atom. The second-order valence-corrected chi connectivity index (χ2v) is 11.6. The summed E-state index contributed by atoms with van der Waals surface area (Å²) in [5.41, 5.74) is 1.22. The van der Waals surface area contributed by atoms with Crippen molar-refractivity contribution in [2.45, 2.75) is 38.5 Å². The van der Waals surface area contributed by atoms with Gasteiger partial charge in [0.05, 0.1) is 22.2 Å². The minimum absolute atomic E-state index is 0. The van der Waals surface area contributed by atoms with Crippen LogP contribution in [0.15, 0.2) is 47.4 Å². The van der Waals surface area contributed by atoms with Crippen LogP contribution in [0.5, 0.6) is 5.75 Å². The van der Waals surface area contributed by atoms with Gasteiger partial charge in [-0.05, 0) is 62.0 Å². The number of carbonyl (C=O) groups excluding carboxylic acids is 1. The van der Waals surface area contributed by atoms with Crippen molar-refractivity contribution in [2.75, 3.05) is 51.8 Å². The zero-order valence-corrected chi connectivity index (χ0v) is 24.6. The average Bonchev–Trinajstić information content (AvgIpc) is 3.32. The molecule has 0 saturated carbocycles. The van der Waals surface area contributed by atoms with E-state index in [1.165, 1.54) is 27.8 Å². The molecule has 1 aromatic heterocycles. The first-order valence-electron chi connectivity index (χ1n) is 12.3. The lowest BCUT2D eigenvalue weighted by molar-refractivity contribution is 0.0983. The molecule has 1 amide bonds. The maximum absolute atomic E-state index is 13.7. The summed E-state index contributed by atoms with van der Waals surface area (Å²) in [7, 11) is -0.395. The topological polar surface area (TPSA) is 83.1 Å². The van der Waals surface area contributed by atoms with Crippen LogP contribution < -0.4 is 9.64 Å². The Kier molecular flexibility index (Phi) is 11.8. The molecule has 2 aromatic carbocycles. The summed E-state index contributed by atoms with van der Waals surface area (Å²) in [5, 5.41) is 0.603. The Morgan fingerprint density at radius 1 is 1.00 bits per heavy atom.